The minimum atomic E-state index is -0.818. The van der Waals surface area contributed by atoms with Crippen molar-refractivity contribution in [1.29, 1.82) is 0 Å². The molecule has 0 aromatic heterocycles. The molecular formula is C24H30N2O4S. The van der Waals surface area contributed by atoms with Gasteiger partial charge in [0.25, 0.3) is 11.8 Å². The maximum Gasteiger partial charge on any atom is 0.329 e. The van der Waals surface area contributed by atoms with E-state index in [2.05, 4.69) is 10.6 Å². The van der Waals surface area contributed by atoms with E-state index < -0.39 is 24.5 Å². The van der Waals surface area contributed by atoms with Crippen molar-refractivity contribution in [2.24, 2.45) is 0 Å². The molecule has 1 atom stereocenters. The molecule has 1 unspecified atom stereocenters. The number of hydrogen-bond acceptors (Lipinski definition) is 5. The van der Waals surface area contributed by atoms with Crippen LogP contribution in [-0.4, -0.2) is 42.4 Å². The van der Waals surface area contributed by atoms with Crippen molar-refractivity contribution in [2.45, 2.75) is 39.2 Å². The highest BCUT2D eigenvalue weighted by Crippen LogP contribution is 2.22. The van der Waals surface area contributed by atoms with Crippen molar-refractivity contribution in [3.63, 3.8) is 0 Å². The normalized spacial score (nSPS) is 11.5. The summed E-state index contributed by atoms with van der Waals surface area (Å²) in [5, 5.41) is 5.60. The molecule has 0 radical (unpaired) electrons. The number of hydrogen-bond donors (Lipinski definition) is 2. The number of para-hydroxylation sites is 1. The Morgan fingerprint density at radius 1 is 0.968 bits per heavy atom. The molecule has 0 fully saturated rings. The average Bonchev–Trinajstić information content (AvgIpc) is 2.80. The number of ether oxygens (including phenoxy) is 1. The second-order valence-electron chi connectivity index (χ2n) is 6.99. The number of benzene rings is 2. The first-order valence-corrected chi connectivity index (χ1v) is 11.8. The van der Waals surface area contributed by atoms with Gasteiger partial charge in [0.15, 0.2) is 6.61 Å². The van der Waals surface area contributed by atoms with E-state index in [1.165, 1.54) is 0 Å². The number of nitrogens with one attached hydrogen (secondary N) is 2. The van der Waals surface area contributed by atoms with Gasteiger partial charge in [0.2, 0.25) is 0 Å². The minimum absolute atomic E-state index is 0.349. The van der Waals surface area contributed by atoms with Gasteiger partial charge in [-0.2, -0.15) is 11.8 Å². The van der Waals surface area contributed by atoms with Gasteiger partial charge in [-0.05, 0) is 54.5 Å². The van der Waals surface area contributed by atoms with Gasteiger partial charge in [0.05, 0.1) is 0 Å². The topological polar surface area (TPSA) is 84.5 Å². The third kappa shape index (κ3) is 7.43. The van der Waals surface area contributed by atoms with Crippen LogP contribution < -0.4 is 10.6 Å². The van der Waals surface area contributed by atoms with Crippen LogP contribution in [0.25, 0.3) is 0 Å². The van der Waals surface area contributed by atoms with Gasteiger partial charge in [-0.15, -0.1) is 0 Å². The van der Waals surface area contributed by atoms with Crippen molar-refractivity contribution >= 4 is 35.2 Å². The van der Waals surface area contributed by atoms with E-state index in [-0.39, 0.29) is 5.91 Å². The molecule has 2 N–H and O–H groups in total. The summed E-state index contributed by atoms with van der Waals surface area (Å²) in [6, 6.07) is 13.8. The zero-order valence-electron chi connectivity index (χ0n) is 18.3. The predicted octanol–water partition coefficient (Wildman–Crippen LogP) is 3.84. The number of carbonyl (C=O) groups excluding carboxylic acids is 3. The molecule has 0 bridgehead atoms. The summed E-state index contributed by atoms with van der Waals surface area (Å²) in [4.78, 5) is 37.5. The molecule has 0 aliphatic carbocycles. The molecule has 2 aromatic rings. The Balaban J connectivity index is 1.99. The lowest BCUT2D eigenvalue weighted by molar-refractivity contribution is -0.149. The third-order valence-corrected chi connectivity index (χ3v) is 5.49. The molecule has 0 aliphatic rings. The first kappa shape index (κ1) is 24.5. The Hall–Kier alpha value is -2.80. The highest BCUT2D eigenvalue weighted by atomic mass is 32.2. The van der Waals surface area contributed by atoms with E-state index in [0.29, 0.717) is 17.7 Å². The fourth-order valence-corrected chi connectivity index (χ4v) is 3.60. The first-order chi connectivity index (χ1) is 15.0. The largest absolute Gasteiger partial charge is 0.454 e. The van der Waals surface area contributed by atoms with E-state index in [9.17, 15) is 14.4 Å². The number of rotatable bonds is 11. The monoisotopic (exact) mass is 442 g/mol. The number of esters is 1. The molecule has 31 heavy (non-hydrogen) atoms. The molecule has 2 rings (SSSR count). The lowest BCUT2D eigenvalue weighted by atomic mass is 10.0. The standard InChI is InChI=1S/C24H30N2O4S/c1-4-17-12-9-13-18(5-2)22(17)26-21(27)16-30-24(29)20(14-15-31-3)25-23(28)19-10-7-6-8-11-19/h6-13,20H,4-5,14-16H2,1-3H3,(H,25,28)(H,26,27). The Morgan fingerprint density at radius 2 is 1.61 bits per heavy atom. The molecule has 6 nitrogen and oxygen atoms in total. The lowest BCUT2D eigenvalue weighted by Gasteiger charge is -2.18. The molecule has 0 spiro atoms. The van der Waals surface area contributed by atoms with Gasteiger partial charge < -0.3 is 15.4 Å². The quantitative estimate of drug-likeness (QED) is 0.517. The van der Waals surface area contributed by atoms with Crippen LogP contribution in [0.1, 0.15) is 41.8 Å². The predicted molar refractivity (Wildman–Crippen MR) is 125 cm³/mol. The highest BCUT2D eigenvalue weighted by molar-refractivity contribution is 7.98. The SMILES string of the molecule is CCc1cccc(CC)c1NC(=O)COC(=O)C(CCSC)NC(=O)c1ccccc1. The maximum atomic E-state index is 12.6. The number of amides is 2. The molecule has 7 heteroatoms. The van der Waals surface area contributed by atoms with E-state index in [4.69, 9.17) is 4.74 Å². The number of thioether (sulfide) groups is 1. The van der Waals surface area contributed by atoms with Crippen LogP contribution in [0.5, 0.6) is 0 Å². The summed E-state index contributed by atoms with van der Waals surface area (Å²) in [7, 11) is 0. The fourth-order valence-electron chi connectivity index (χ4n) is 3.13. The smallest absolute Gasteiger partial charge is 0.329 e. The van der Waals surface area contributed by atoms with Crippen LogP contribution in [-0.2, 0) is 27.2 Å². The fraction of sp³-hybridized carbons (Fsp3) is 0.375. The summed E-state index contributed by atoms with van der Waals surface area (Å²) in [5.41, 5.74) is 3.31. The molecule has 0 aliphatic heterocycles. The van der Waals surface area contributed by atoms with E-state index >= 15 is 0 Å². The summed E-state index contributed by atoms with van der Waals surface area (Å²) >= 11 is 1.57. The summed E-state index contributed by atoms with van der Waals surface area (Å²) < 4.78 is 5.24. The minimum Gasteiger partial charge on any atom is -0.454 e. The van der Waals surface area contributed by atoms with Crippen LogP contribution in [0.3, 0.4) is 0 Å². The first-order valence-electron chi connectivity index (χ1n) is 10.4. The highest BCUT2D eigenvalue weighted by Gasteiger charge is 2.23. The average molecular weight is 443 g/mol. The van der Waals surface area contributed by atoms with Crippen molar-refractivity contribution in [1.82, 2.24) is 5.32 Å². The summed E-state index contributed by atoms with van der Waals surface area (Å²) in [6.07, 6.45) is 3.90. The van der Waals surface area contributed by atoms with E-state index in [1.54, 1.807) is 36.0 Å². The van der Waals surface area contributed by atoms with Gasteiger partial charge in [-0.3, -0.25) is 9.59 Å². The van der Waals surface area contributed by atoms with Gasteiger partial charge in [-0.1, -0.05) is 50.2 Å². The lowest BCUT2D eigenvalue weighted by Crippen LogP contribution is -2.43. The third-order valence-electron chi connectivity index (χ3n) is 4.85. The van der Waals surface area contributed by atoms with Crippen LogP contribution >= 0.6 is 11.8 Å². The number of aryl methyl sites for hydroxylation is 2. The Morgan fingerprint density at radius 3 is 2.19 bits per heavy atom. The molecular weight excluding hydrogens is 412 g/mol. The molecule has 0 heterocycles. The number of anilines is 1. The summed E-state index contributed by atoms with van der Waals surface area (Å²) in [6.45, 7) is 3.64. The molecule has 2 amide bonds. The molecule has 0 saturated carbocycles. The van der Waals surface area contributed by atoms with Crippen LogP contribution in [0.2, 0.25) is 0 Å². The van der Waals surface area contributed by atoms with E-state index in [0.717, 1.165) is 29.7 Å². The van der Waals surface area contributed by atoms with Crippen molar-refractivity contribution in [3.05, 3.63) is 65.2 Å². The summed E-state index contributed by atoms with van der Waals surface area (Å²) in [5.74, 6) is -0.697. The molecule has 2 aromatic carbocycles. The van der Waals surface area contributed by atoms with Crippen LogP contribution in [0.15, 0.2) is 48.5 Å². The maximum absolute atomic E-state index is 12.6. The van der Waals surface area contributed by atoms with Crippen LogP contribution in [0, 0.1) is 0 Å². The zero-order valence-corrected chi connectivity index (χ0v) is 19.1. The van der Waals surface area contributed by atoms with Crippen molar-refractivity contribution in [2.75, 3.05) is 23.9 Å². The Labute approximate surface area is 188 Å². The van der Waals surface area contributed by atoms with Gasteiger partial charge >= 0.3 is 5.97 Å². The van der Waals surface area contributed by atoms with Gasteiger partial charge in [0, 0.05) is 11.3 Å². The second-order valence-corrected chi connectivity index (χ2v) is 7.97. The van der Waals surface area contributed by atoms with Crippen molar-refractivity contribution < 1.29 is 19.1 Å². The number of carbonyl (C=O) groups is 3. The molecule has 166 valence electrons. The zero-order chi connectivity index (χ0) is 22.6. The van der Waals surface area contributed by atoms with E-state index in [1.807, 2.05) is 44.4 Å². The molecule has 0 saturated heterocycles. The van der Waals surface area contributed by atoms with Gasteiger partial charge in [-0.25, -0.2) is 4.79 Å². The Bertz CT molecular complexity index is 864. The second kappa shape index (κ2) is 12.8. The van der Waals surface area contributed by atoms with Gasteiger partial charge in [0.1, 0.15) is 6.04 Å². The Kier molecular flexibility index (Phi) is 10.1. The van der Waals surface area contributed by atoms with Crippen molar-refractivity contribution in [3.8, 4) is 0 Å². The van der Waals surface area contributed by atoms with Crippen LogP contribution in [0.4, 0.5) is 5.69 Å².